The van der Waals surface area contributed by atoms with E-state index < -0.39 is 0 Å². The van der Waals surface area contributed by atoms with Crippen molar-refractivity contribution in [3.05, 3.63) is 99.6 Å². The number of ether oxygens (including phenoxy) is 5. The molecule has 9 rings (SSSR count). The fourth-order valence-corrected chi connectivity index (χ4v) is 8.57. The fourth-order valence-electron chi connectivity index (χ4n) is 8.57. The number of fused-ring (bicyclic) bond motifs is 2. The summed E-state index contributed by atoms with van der Waals surface area (Å²) in [7, 11) is 9.40. The van der Waals surface area contributed by atoms with Gasteiger partial charge in [0.15, 0.2) is 23.0 Å². The minimum Gasteiger partial charge on any atom is -0.493 e. The van der Waals surface area contributed by atoms with E-state index in [-0.39, 0.29) is 18.0 Å². The summed E-state index contributed by atoms with van der Waals surface area (Å²) in [5.74, 6) is 4.55. The number of benzene rings is 4. The van der Waals surface area contributed by atoms with Crippen LogP contribution in [0.2, 0.25) is 0 Å². The first kappa shape index (κ1) is 34.4. The second-order valence-corrected chi connectivity index (χ2v) is 14.6. The summed E-state index contributed by atoms with van der Waals surface area (Å²) in [6, 6.07) is 20.9. The fraction of sp³-hybridized carbons (Fsp3) is 0.419. The molecule has 9 heteroatoms. The first-order chi connectivity index (χ1) is 25.3. The van der Waals surface area contributed by atoms with Crippen molar-refractivity contribution in [1.82, 2.24) is 14.7 Å². The molecule has 1 fully saturated rings. The van der Waals surface area contributed by atoms with Crippen LogP contribution in [0.4, 0.5) is 0 Å². The molecule has 0 saturated carbocycles. The molecular weight excluding hydrogens is 654 g/mol. The number of likely N-dealkylation sites (N-methyl/N-ethyl adjacent to an activating group) is 2. The Morgan fingerprint density at radius 2 is 1.35 bits per heavy atom. The summed E-state index contributed by atoms with van der Waals surface area (Å²) in [5.41, 5.74) is 7.59. The van der Waals surface area contributed by atoms with Crippen LogP contribution in [-0.4, -0.2) is 82.2 Å². The summed E-state index contributed by atoms with van der Waals surface area (Å²) >= 11 is 0. The number of piperidine rings is 1. The van der Waals surface area contributed by atoms with Crippen LogP contribution in [-0.2, 0) is 25.7 Å². The predicted octanol–water partition coefficient (Wildman–Crippen LogP) is 7.78. The molecule has 272 valence electrons. The molecule has 4 aromatic rings. The van der Waals surface area contributed by atoms with E-state index in [0.717, 1.165) is 81.4 Å². The Hall–Kier alpha value is -4.73. The predicted molar refractivity (Wildman–Crippen MR) is 201 cm³/mol. The molecule has 52 heavy (non-hydrogen) atoms. The van der Waals surface area contributed by atoms with Crippen molar-refractivity contribution in [3.63, 3.8) is 0 Å². The van der Waals surface area contributed by atoms with Crippen LogP contribution in [0.15, 0.2) is 60.7 Å². The van der Waals surface area contributed by atoms with Gasteiger partial charge in [0.1, 0.15) is 11.5 Å². The monoisotopic (exact) mass is 703 g/mol. The van der Waals surface area contributed by atoms with Gasteiger partial charge in [-0.05, 0) is 129 Å². The number of amides is 1. The lowest BCUT2D eigenvalue weighted by Gasteiger charge is -2.37. The molecule has 0 N–H and O–H groups in total. The molecule has 1 saturated heterocycles. The van der Waals surface area contributed by atoms with Crippen LogP contribution in [0.5, 0.6) is 40.2 Å². The summed E-state index contributed by atoms with van der Waals surface area (Å²) in [6.07, 6.45) is 6.47. The highest BCUT2D eigenvalue weighted by Crippen LogP contribution is 2.51. The lowest BCUT2D eigenvalue weighted by atomic mass is 9.87. The Morgan fingerprint density at radius 3 is 2.08 bits per heavy atom. The van der Waals surface area contributed by atoms with Gasteiger partial charge in [0.2, 0.25) is 5.75 Å². The van der Waals surface area contributed by atoms with Gasteiger partial charge in [0.05, 0.1) is 26.9 Å². The van der Waals surface area contributed by atoms with Crippen molar-refractivity contribution < 1.29 is 28.5 Å². The summed E-state index contributed by atoms with van der Waals surface area (Å²) in [4.78, 5) is 20.7. The van der Waals surface area contributed by atoms with Crippen molar-refractivity contribution >= 4 is 5.91 Å². The van der Waals surface area contributed by atoms with Gasteiger partial charge in [0, 0.05) is 43.8 Å². The van der Waals surface area contributed by atoms with E-state index in [0.29, 0.717) is 45.8 Å². The number of carbonyl (C=O) groups excluding carboxylic acids is 1. The number of methoxy groups -OCH3 is 3. The maximum Gasteiger partial charge on any atom is 0.257 e. The molecule has 5 heterocycles. The maximum absolute atomic E-state index is 13.9. The van der Waals surface area contributed by atoms with Gasteiger partial charge in [-0.2, -0.15) is 0 Å². The van der Waals surface area contributed by atoms with Crippen molar-refractivity contribution in [3.8, 4) is 40.2 Å². The third kappa shape index (κ3) is 6.34. The Labute approximate surface area is 307 Å². The zero-order valence-electron chi connectivity index (χ0n) is 31.0. The van der Waals surface area contributed by atoms with Gasteiger partial charge in [0.25, 0.3) is 5.91 Å². The van der Waals surface area contributed by atoms with Gasteiger partial charge < -0.3 is 28.6 Å². The van der Waals surface area contributed by atoms with E-state index in [1.54, 1.807) is 21.3 Å². The van der Waals surface area contributed by atoms with Gasteiger partial charge in [-0.1, -0.05) is 18.2 Å². The molecule has 0 aromatic heterocycles. The summed E-state index contributed by atoms with van der Waals surface area (Å²) in [6.45, 7) is 3.37. The molecule has 0 unspecified atom stereocenters. The van der Waals surface area contributed by atoms with E-state index in [4.69, 9.17) is 23.7 Å². The molecule has 4 aromatic carbocycles. The van der Waals surface area contributed by atoms with Crippen molar-refractivity contribution in [1.29, 1.82) is 0 Å². The Bertz CT molecular complexity index is 1970. The topological polar surface area (TPSA) is 72.9 Å². The number of rotatable bonds is 4. The van der Waals surface area contributed by atoms with E-state index in [1.807, 2.05) is 23.1 Å². The second kappa shape index (κ2) is 14.4. The number of hydrogen-bond donors (Lipinski definition) is 0. The van der Waals surface area contributed by atoms with E-state index in [9.17, 15) is 4.79 Å². The van der Waals surface area contributed by atoms with Crippen LogP contribution >= 0.6 is 0 Å². The first-order valence-electron chi connectivity index (χ1n) is 18.6. The molecule has 2 atom stereocenters. The third-order valence-corrected chi connectivity index (χ3v) is 11.5. The van der Waals surface area contributed by atoms with Crippen molar-refractivity contribution in [2.75, 3.05) is 61.6 Å². The highest BCUT2D eigenvalue weighted by atomic mass is 16.5. The smallest absolute Gasteiger partial charge is 0.257 e. The molecule has 0 spiro atoms. The van der Waals surface area contributed by atoms with E-state index in [2.05, 4.69) is 66.4 Å². The van der Waals surface area contributed by atoms with Crippen LogP contribution in [0.1, 0.15) is 75.1 Å². The Kier molecular flexibility index (Phi) is 9.49. The van der Waals surface area contributed by atoms with Crippen LogP contribution in [0.3, 0.4) is 0 Å². The minimum absolute atomic E-state index is 0.0113. The average molecular weight is 704 g/mol. The molecule has 6 bridgehead atoms. The number of nitrogens with zero attached hydrogens (tertiary/aromatic N) is 3. The van der Waals surface area contributed by atoms with Crippen molar-refractivity contribution in [2.45, 2.75) is 57.0 Å². The zero-order valence-corrected chi connectivity index (χ0v) is 31.0. The minimum atomic E-state index is 0.0113. The highest BCUT2D eigenvalue weighted by molar-refractivity contribution is 5.97. The van der Waals surface area contributed by atoms with Crippen LogP contribution in [0.25, 0.3) is 0 Å². The molecule has 0 radical (unpaired) electrons. The molecule has 0 aliphatic carbocycles. The zero-order chi connectivity index (χ0) is 35.9. The SMILES string of the molecule is COc1cc2c3cc1Oc1c(OC)c(OC)cc4c1[C@H](Cc1ccc(cc1)Oc1cc(ccc1C(=O)N1CCCCC1)C[C@H]3N(C)CC2)N(C)CC4. The largest absolute Gasteiger partial charge is 0.493 e. The molecular formula is C43H49N3O6. The summed E-state index contributed by atoms with van der Waals surface area (Å²) < 4.78 is 31.7. The quantitative estimate of drug-likeness (QED) is 0.214. The van der Waals surface area contributed by atoms with E-state index >= 15 is 0 Å². The summed E-state index contributed by atoms with van der Waals surface area (Å²) in [5, 5.41) is 0. The molecule has 1 amide bonds. The third-order valence-electron chi connectivity index (χ3n) is 11.5. The Morgan fingerprint density at radius 1 is 0.673 bits per heavy atom. The van der Waals surface area contributed by atoms with E-state index in [1.165, 1.54) is 23.1 Å². The lowest BCUT2D eigenvalue weighted by Crippen LogP contribution is -2.35. The highest BCUT2D eigenvalue weighted by Gasteiger charge is 2.35. The second-order valence-electron chi connectivity index (χ2n) is 14.6. The number of likely N-dealkylation sites (tertiary alicyclic amines) is 1. The standard InChI is InChI=1S/C43H49N3O6/c1-44-19-15-29-24-37(48-3)38-26-33(29)34(44)22-28-11-14-32(43(47)46-17-7-6-8-18-46)36(23-28)51-31-12-9-27(10-13-31)21-35-40-30(16-20-45(35)2)25-39(49-4)41(50-5)42(40)52-38/h9-14,23-26,34-35H,6-8,15-22H2,1-5H3/t34-,35+/m1/s1. The molecule has 5 aliphatic rings. The Balaban J connectivity index is 1.30. The van der Waals surface area contributed by atoms with Gasteiger partial charge in [-0.15, -0.1) is 0 Å². The molecule has 5 aliphatic heterocycles. The maximum atomic E-state index is 13.9. The van der Waals surface area contributed by atoms with Gasteiger partial charge >= 0.3 is 0 Å². The number of hydrogen-bond acceptors (Lipinski definition) is 8. The van der Waals surface area contributed by atoms with Gasteiger partial charge in [-0.3, -0.25) is 14.6 Å². The number of carbonyl (C=O) groups is 1. The van der Waals surface area contributed by atoms with Gasteiger partial charge in [-0.25, -0.2) is 0 Å². The molecule has 9 nitrogen and oxygen atoms in total. The normalized spacial score (nSPS) is 20.1. The van der Waals surface area contributed by atoms with Crippen LogP contribution < -0.4 is 23.7 Å². The average Bonchev–Trinajstić information content (AvgIpc) is 3.17. The first-order valence-corrected chi connectivity index (χ1v) is 18.6. The van der Waals surface area contributed by atoms with Crippen molar-refractivity contribution in [2.24, 2.45) is 0 Å². The lowest BCUT2D eigenvalue weighted by molar-refractivity contribution is 0.0721. The van der Waals surface area contributed by atoms with Crippen LogP contribution in [0, 0.1) is 0 Å².